The van der Waals surface area contributed by atoms with E-state index >= 15 is 0 Å². The standard InChI is InChI=1S/C20H23FN2O/c1-15(17-7-3-2-4-8-17)23(13-16-11-12-16)14-20(24)22-19-10-6-5-9-18(19)21/h2-10,15-16H,11-14H2,1H3,(H,22,24). The molecule has 1 unspecified atom stereocenters. The minimum Gasteiger partial charge on any atom is -0.322 e. The lowest BCUT2D eigenvalue weighted by molar-refractivity contribution is -0.117. The van der Waals surface area contributed by atoms with E-state index in [-0.39, 0.29) is 24.2 Å². The Balaban J connectivity index is 1.67. The van der Waals surface area contributed by atoms with Gasteiger partial charge in [-0.05, 0) is 43.4 Å². The van der Waals surface area contributed by atoms with Crippen LogP contribution in [-0.4, -0.2) is 23.9 Å². The Kier molecular flexibility index (Phi) is 5.26. The van der Waals surface area contributed by atoms with Gasteiger partial charge in [0.2, 0.25) is 5.91 Å². The zero-order chi connectivity index (χ0) is 16.9. The van der Waals surface area contributed by atoms with Gasteiger partial charge in [0.05, 0.1) is 12.2 Å². The summed E-state index contributed by atoms with van der Waals surface area (Å²) in [7, 11) is 0. The molecule has 1 saturated carbocycles. The normalized spacial score (nSPS) is 15.3. The van der Waals surface area contributed by atoms with Crippen LogP contribution in [0.1, 0.15) is 31.4 Å². The van der Waals surface area contributed by atoms with Crippen LogP contribution in [0, 0.1) is 11.7 Å². The average molecular weight is 326 g/mol. The van der Waals surface area contributed by atoms with E-state index < -0.39 is 5.82 Å². The molecule has 4 heteroatoms. The number of nitrogens with zero attached hydrogens (tertiary/aromatic N) is 1. The maximum Gasteiger partial charge on any atom is 0.238 e. The van der Waals surface area contributed by atoms with Crippen LogP contribution >= 0.6 is 0 Å². The summed E-state index contributed by atoms with van der Waals surface area (Å²) >= 11 is 0. The topological polar surface area (TPSA) is 32.3 Å². The van der Waals surface area contributed by atoms with Crippen LogP contribution in [0.5, 0.6) is 0 Å². The summed E-state index contributed by atoms with van der Waals surface area (Å²) in [5, 5.41) is 2.69. The van der Waals surface area contributed by atoms with Crippen LogP contribution in [0.25, 0.3) is 0 Å². The number of hydrogen-bond donors (Lipinski definition) is 1. The third kappa shape index (κ3) is 4.42. The molecule has 2 aromatic carbocycles. The van der Waals surface area contributed by atoms with Gasteiger partial charge in [-0.25, -0.2) is 4.39 Å². The molecule has 1 fully saturated rings. The lowest BCUT2D eigenvalue weighted by Crippen LogP contribution is -2.36. The SMILES string of the molecule is CC(c1ccccc1)N(CC(=O)Nc1ccccc1F)CC1CC1. The Morgan fingerprint density at radius 1 is 1.17 bits per heavy atom. The van der Waals surface area contributed by atoms with Gasteiger partial charge in [0.25, 0.3) is 0 Å². The number of anilines is 1. The number of amides is 1. The highest BCUT2D eigenvalue weighted by Gasteiger charge is 2.28. The van der Waals surface area contributed by atoms with E-state index in [1.54, 1.807) is 18.2 Å². The lowest BCUT2D eigenvalue weighted by atomic mass is 10.1. The van der Waals surface area contributed by atoms with Crippen molar-refractivity contribution < 1.29 is 9.18 Å². The largest absolute Gasteiger partial charge is 0.322 e. The average Bonchev–Trinajstić information content (AvgIpc) is 3.40. The van der Waals surface area contributed by atoms with Crippen molar-refractivity contribution in [2.75, 3.05) is 18.4 Å². The molecule has 126 valence electrons. The van der Waals surface area contributed by atoms with Gasteiger partial charge in [-0.2, -0.15) is 0 Å². The molecule has 1 aliphatic carbocycles. The predicted molar refractivity (Wildman–Crippen MR) is 94.2 cm³/mol. The number of para-hydroxylation sites is 1. The third-order valence-electron chi connectivity index (χ3n) is 4.51. The van der Waals surface area contributed by atoms with Crippen molar-refractivity contribution in [3.63, 3.8) is 0 Å². The molecule has 0 spiro atoms. The maximum atomic E-state index is 13.7. The van der Waals surface area contributed by atoms with E-state index in [1.807, 2.05) is 18.2 Å². The molecule has 1 N–H and O–H groups in total. The summed E-state index contributed by atoms with van der Waals surface area (Å²) in [6, 6.07) is 16.6. The van der Waals surface area contributed by atoms with E-state index in [9.17, 15) is 9.18 Å². The van der Waals surface area contributed by atoms with Crippen molar-refractivity contribution in [3.8, 4) is 0 Å². The van der Waals surface area contributed by atoms with E-state index in [2.05, 4.69) is 29.3 Å². The minimum absolute atomic E-state index is 0.151. The van der Waals surface area contributed by atoms with Crippen molar-refractivity contribution in [1.82, 2.24) is 4.90 Å². The van der Waals surface area contributed by atoms with Crippen molar-refractivity contribution in [3.05, 3.63) is 66.0 Å². The first-order chi connectivity index (χ1) is 11.6. The van der Waals surface area contributed by atoms with Gasteiger partial charge in [0.1, 0.15) is 5.82 Å². The van der Waals surface area contributed by atoms with Gasteiger partial charge in [0.15, 0.2) is 0 Å². The van der Waals surface area contributed by atoms with Crippen LogP contribution < -0.4 is 5.32 Å². The zero-order valence-corrected chi connectivity index (χ0v) is 13.9. The third-order valence-corrected chi connectivity index (χ3v) is 4.51. The molecule has 0 saturated heterocycles. The molecule has 0 aliphatic heterocycles. The highest BCUT2D eigenvalue weighted by Crippen LogP contribution is 2.32. The summed E-state index contributed by atoms with van der Waals surface area (Å²) in [4.78, 5) is 14.6. The Morgan fingerprint density at radius 2 is 1.83 bits per heavy atom. The molecule has 24 heavy (non-hydrogen) atoms. The number of nitrogens with one attached hydrogen (secondary N) is 1. The van der Waals surface area contributed by atoms with Gasteiger partial charge in [0, 0.05) is 12.6 Å². The summed E-state index contributed by atoms with van der Waals surface area (Å²) in [6.45, 7) is 3.29. The first-order valence-corrected chi connectivity index (χ1v) is 8.47. The molecule has 0 heterocycles. The Morgan fingerprint density at radius 3 is 2.50 bits per heavy atom. The molecule has 0 radical (unpaired) electrons. The second-order valence-electron chi connectivity index (χ2n) is 6.49. The second kappa shape index (κ2) is 7.58. The summed E-state index contributed by atoms with van der Waals surface area (Å²) in [6.07, 6.45) is 2.46. The van der Waals surface area contributed by atoms with Crippen LogP contribution in [0.4, 0.5) is 10.1 Å². The van der Waals surface area contributed by atoms with E-state index in [1.165, 1.54) is 24.5 Å². The molecule has 3 rings (SSSR count). The van der Waals surface area contributed by atoms with Crippen LogP contribution in [0.3, 0.4) is 0 Å². The Hall–Kier alpha value is -2.20. The molecule has 0 aromatic heterocycles. The quantitative estimate of drug-likeness (QED) is 0.825. The number of benzene rings is 2. The van der Waals surface area contributed by atoms with Gasteiger partial charge >= 0.3 is 0 Å². The summed E-state index contributed by atoms with van der Waals surface area (Å²) in [5.74, 6) is 0.0941. The first-order valence-electron chi connectivity index (χ1n) is 8.47. The van der Waals surface area contributed by atoms with Gasteiger partial charge in [-0.15, -0.1) is 0 Å². The highest BCUT2D eigenvalue weighted by molar-refractivity contribution is 5.92. The summed E-state index contributed by atoms with van der Waals surface area (Å²) < 4.78 is 13.7. The fraction of sp³-hybridized carbons (Fsp3) is 0.350. The van der Waals surface area contributed by atoms with E-state index in [4.69, 9.17) is 0 Å². The smallest absolute Gasteiger partial charge is 0.238 e. The van der Waals surface area contributed by atoms with Crippen molar-refractivity contribution in [2.45, 2.75) is 25.8 Å². The van der Waals surface area contributed by atoms with E-state index in [0.29, 0.717) is 5.92 Å². The second-order valence-corrected chi connectivity index (χ2v) is 6.49. The number of rotatable bonds is 7. The van der Waals surface area contributed by atoms with Crippen LogP contribution in [0.2, 0.25) is 0 Å². The van der Waals surface area contributed by atoms with Gasteiger partial charge < -0.3 is 5.32 Å². The van der Waals surface area contributed by atoms with Crippen LogP contribution in [-0.2, 0) is 4.79 Å². The molecule has 1 amide bonds. The Labute approximate surface area is 142 Å². The molecule has 0 bridgehead atoms. The van der Waals surface area contributed by atoms with Crippen molar-refractivity contribution >= 4 is 11.6 Å². The van der Waals surface area contributed by atoms with Gasteiger partial charge in [-0.3, -0.25) is 9.69 Å². The fourth-order valence-electron chi connectivity index (χ4n) is 2.87. The predicted octanol–water partition coefficient (Wildman–Crippen LogP) is 4.24. The molecule has 1 aliphatic rings. The number of hydrogen-bond acceptors (Lipinski definition) is 2. The first kappa shape index (κ1) is 16.7. The molecule has 3 nitrogen and oxygen atoms in total. The minimum atomic E-state index is -0.407. The van der Waals surface area contributed by atoms with Gasteiger partial charge in [-0.1, -0.05) is 42.5 Å². The lowest BCUT2D eigenvalue weighted by Gasteiger charge is -2.29. The molecule has 1 atom stereocenters. The number of halogens is 1. The fourth-order valence-corrected chi connectivity index (χ4v) is 2.87. The van der Waals surface area contributed by atoms with Crippen molar-refractivity contribution in [1.29, 1.82) is 0 Å². The molecule has 2 aromatic rings. The molecular formula is C20H23FN2O. The summed E-state index contributed by atoms with van der Waals surface area (Å²) in [5.41, 5.74) is 1.43. The van der Waals surface area contributed by atoms with Crippen molar-refractivity contribution in [2.24, 2.45) is 5.92 Å². The maximum absolute atomic E-state index is 13.7. The monoisotopic (exact) mass is 326 g/mol. The number of carbonyl (C=O) groups excluding carboxylic acids is 1. The Bertz CT molecular complexity index is 685. The zero-order valence-electron chi connectivity index (χ0n) is 13.9. The van der Waals surface area contributed by atoms with E-state index in [0.717, 1.165) is 6.54 Å². The molecular weight excluding hydrogens is 303 g/mol. The highest BCUT2D eigenvalue weighted by atomic mass is 19.1. The number of carbonyl (C=O) groups is 1. The van der Waals surface area contributed by atoms with Crippen LogP contribution in [0.15, 0.2) is 54.6 Å².